The molecule has 2 N–H and O–H groups in total. The van der Waals surface area contributed by atoms with Crippen molar-refractivity contribution in [3.63, 3.8) is 0 Å². The van der Waals surface area contributed by atoms with Crippen LogP contribution in [0.15, 0.2) is 0 Å². The van der Waals surface area contributed by atoms with Crippen molar-refractivity contribution in [2.24, 2.45) is 5.73 Å². The van der Waals surface area contributed by atoms with Crippen LogP contribution in [-0.4, -0.2) is 54.6 Å². The molecule has 2 rings (SSSR count). The first-order valence-corrected chi connectivity index (χ1v) is 7.31. The second-order valence-corrected chi connectivity index (χ2v) is 6.36. The third kappa shape index (κ3) is 3.67. The molecule has 1 saturated carbocycles. The minimum absolute atomic E-state index is 0.107. The second-order valence-electron chi connectivity index (χ2n) is 6.36. The zero-order valence-corrected chi connectivity index (χ0v) is 11.6. The summed E-state index contributed by atoms with van der Waals surface area (Å²) in [5.41, 5.74) is 6.69. The number of rotatable bonds is 2. The molecule has 1 aliphatic carbocycles. The van der Waals surface area contributed by atoms with E-state index in [1.807, 2.05) is 0 Å². The van der Waals surface area contributed by atoms with E-state index in [2.05, 4.69) is 23.8 Å². The van der Waals surface area contributed by atoms with Gasteiger partial charge in [0.05, 0.1) is 0 Å². The molecule has 0 amide bonds. The van der Waals surface area contributed by atoms with Gasteiger partial charge < -0.3 is 10.6 Å². The van der Waals surface area contributed by atoms with Gasteiger partial charge in [-0.05, 0) is 46.3 Å². The molecule has 0 aromatic rings. The SMILES string of the molecule is CC1CN(C)CCCN1CC1(N)CCCCC1. The van der Waals surface area contributed by atoms with Crippen molar-refractivity contribution in [1.29, 1.82) is 0 Å². The second kappa shape index (κ2) is 5.68. The van der Waals surface area contributed by atoms with Gasteiger partial charge in [-0.25, -0.2) is 0 Å². The lowest BCUT2D eigenvalue weighted by molar-refractivity contribution is 0.136. The number of nitrogens with two attached hydrogens (primary N) is 1. The summed E-state index contributed by atoms with van der Waals surface area (Å²) in [6.07, 6.45) is 7.80. The van der Waals surface area contributed by atoms with Crippen LogP contribution in [0.1, 0.15) is 45.4 Å². The van der Waals surface area contributed by atoms with Crippen molar-refractivity contribution in [2.75, 3.05) is 33.2 Å². The van der Waals surface area contributed by atoms with Crippen molar-refractivity contribution in [3.05, 3.63) is 0 Å². The molecule has 3 heteroatoms. The fraction of sp³-hybridized carbons (Fsp3) is 1.00. The Hall–Kier alpha value is -0.120. The topological polar surface area (TPSA) is 32.5 Å². The van der Waals surface area contributed by atoms with Gasteiger partial charge in [-0.1, -0.05) is 19.3 Å². The van der Waals surface area contributed by atoms with Crippen molar-refractivity contribution < 1.29 is 0 Å². The van der Waals surface area contributed by atoms with E-state index in [4.69, 9.17) is 5.73 Å². The first kappa shape index (κ1) is 13.3. The van der Waals surface area contributed by atoms with E-state index in [0.29, 0.717) is 6.04 Å². The van der Waals surface area contributed by atoms with Crippen molar-refractivity contribution in [3.8, 4) is 0 Å². The van der Waals surface area contributed by atoms with Crippen LogP contribution in [-0.2, 0) is 0 Å². The van der Waals surface area contributed by atoms with Gasteiger partial charge in [0.25, 0.3) is 0 Å². The van der Waals surface area contributed by atoms with Crippen LogP contribution < -0.4 is 5.73 Å². The van der Waals surface area contributed by atoms with Gasteiger partial charge in [0.2, 0.25) is 0 Å². The maximum absolute atomic E-state index is 6.58. The zero-order chi connectivity index (χ0) is 12.3. The van der Waals surface area contributed by atoms with E-state index >= 15 is 0 Å². The minimum atomic E-state index is 0.107. The number of hydrogen-bond donors (Lipinski definition) is 1. The van der Waals surface area contributed by atoms with E-state index < -0.39 is 0 Å². The summed E-state index contributed by atoms with van der Waals surface area (Å²) in [6, 6.07) is 0.657. The molecule has 17 heavy (non-hydrogen) atoms. The summed E-state index contributed by atoms with van der Waals surface area (Å²) in [6.45, 7) is 7.12. The summed E-state index contributed by atoms with van der Waals surface area (Å²) in [4.78, 5) is 5.09. The Morgan fingerprint density at radius 3 is 2.53 bits per heavy atom. The molecule has 1 saturated heterocycles. The normalized spacial score (nSPS) is 32.3. The van der Waals surface area contributed by atoms with Crippen LogP contribution in [0, 0.1) is 0 Å². The van der Waals surface area contributed by atoms with E-state index in [1.165, 1.54) is 58.2 Å². The molecule has 0 bridgehead atoms. The highest BCUT2D eigenvalue weighted by atomic mass is 15.2. The lowest BCUT2D eigenvalue weighted by atomic mass is 9.82. The Morgan fingerprint density at radius 2 is 1.82 bits per heavy atom. The molecule has 1 atom stereocenters. The third-order valence-electron chi connectivity index (χ3n) is 4.55. The predicted molar refractivity (Wildman–Crippen MR) is 73.2 cm³/mol. The Labute approximate surface area is 106 Å². The van der Waals surface area contributed by atoms with E-state index in [1.54, 1.807) is 0 Å². The lowest BCUT2D eigenvalue weighted by Crippen LogP contribution is -2.54. The third-order valence-corrected chi connectivity index (χ3v) is 4.55. The fourth-order valence-corrected chi connectivity index (χ4v) is 3.48. The van der Waals surface area contributed by atoms with Gasteiger partial charge in [-0.3, -0.25) is 4.90 Å². The van der Waals surface area contributed by atoms with Crippen LogP contribution in [0.4, 0.5) is 0 Å². The summed E-state index contributed by atoms with van der Waals surface area (Å²) in [7, 11) is 2.23. The molecule has 1 aliphatic heterocycles. The first-order valence-electron chi connectivity index (χ1n) is 7.31. The molecule has 0 radical (unpaired) electrons. The maximum Gasteiger partial charge on any atom is 0.0283 e. The first-order chi connectivity index (χ1) is 8.09. The molecule has 2 fully saturated rings. The summed E-state index contributed by atoms with van der Waals surface area (Å²) >= 11 is 0. The lowest BCUT2D eigenvalue weighted by Gasteiger charge is -2.40. The number of hydrogen-bond acceptors (Lipinski definition) is 3. The average Bonchev–Trinajstić information content (AvgIpc) is 2.42. The molecular weight excluding hydrogens is 210 g/mol. The van der Waals surface area contributed by atoms with Crippen LogP contribution in [0.5, 0.6) is 0 Å². The zero-order valence-electron chi connectivity index (χ0n) is 11.6. The van der Waals surface area contributed by atoms with Crippen molar-refractivity contribution >= 4 is 0 Å². The minimum Gasteiger partial charge on any atom is -0.324 e. The van der Waals surface area contributed by atoms with Crippen molar-refractivity contribution in [2.45, 2.75) is 57.0 Å². The Morgan fingerprint density at radius 1 is 1.12 bits per heavy atom. The molecule has 1 heterocycles. The van der Waals surface area contributed by atoms with Gasteiger partial charge in [0.1, 0.15) is 0 Å². The molecule has 0 spiro atoms. The van der Waals surface area contributed by atoms with Gasteiger partial charge in [0.15, 0.2) is 0 Å². The van der Waals surface area contributed by atoms with E-state index in [-0.39, 0.29) is 5.54 Å². The highest BCUT2D eigenvalue weighted by Crippen LogP contribution is 2.27. The summed E-state index contributed by atoms with van der Waals surface area (Å²) in [5.74, 6) is 0. The summed E-state index contributed by atoms with van der Waals surface area (Å²) < 4.78 is 0. The molecule has 0 aromatic carbocycles. The highest BCUT2D eigenvalue weighted by molar-refractivity contribution is 4.92. The number of nitrogens with zero attached hydrogens (tertiary/aromatic N) is 2. The maximum atomic E-state index is 6.58. The fourth-order valence-electron chi connectivity index (χ4n) is 3.48. The van der Waals surface area contributed by atoms with Crippen LogP contribution in [0.3, 0.4) is 0 Å². The molecule has 100 valence electrons. The average molecular weight is 239 g/mol. The van der Waals surface area contributed by atoms with Gasteiger partial charge in [0, 0.05) is 24.7 Å². The molecular formula is C14H29N3. The Bertz CT molecular complexity index is 236. The van der Waals surface area contributed by atoms with E-state index in [9.17, 15) is 0 Å². The van der Waals surface area contributed by atoms with E-state index in [0.717, 1.165) is 6.54 Å². The largest absolute Gasteiger partial charge is 0.324 e. The quantitative estimate of drug-likeness (QED) is 0.796. The number of likely N-dealkylation sites (N-methyl/N-ethyl adjacent to an activating group) is 1. The van der Waals surface area contributed by atoms with Gasteiger partial charge in [-0.2, -0.15) is 0 Å². The predicted octanol–water partition coefficient (Wildman–Crippen LogP) is 1.67. The van der Waals surface area contributed by atoms with Crippen LogP contribution >= 0.6 is 0 Å². The molecule has 0 aromatic heterocycles. The Balaban J connectivity index is 1.92. The van der Waals surface area contributed by atoms with Crippen LogP contribution in [0.2, 0.25) is 0 Å². The molecule has 2 aliphatic rings. The summed E-state index contributed by atoms with van der Waals surface area (Å²) in [5, 5.41) is 0. The van der Waals surface area contributed by atoms with Crippen molar-refractivity contribution in [1.82, 2.24) is 9.80 Å². The monoisotopic (exact) mass is 239 g/mol. The standard InChI is InChI=1S/C14H29N3/c1-13-11-16(2)9-6-10-17(13)12-14(15)7-4-3-5-8-14/h13H,3-12,15H2,1-2H3. The molecule has 3 nitrogen and oxygen atoms in total. The van der Waals surface area contributed by atoms with Gasteiger partial charge >= 0.3 is 0 Å². The highest BCUT2D eigenvalue weighted by Gasteiger charge is 2.32. The molecule has 1 unspecified atom stereocenters. The van der Waals surface area contributed by atoms with Gasteiger partial charge in [-0.15, -0.1) is 0 Å². The van der Waals surface area contributed by atoms with Crippen LogP contribution in [0.25, 0.3) is 0 Å². The Kier molecular flexibility index (Phi) is 4.45. The smallest absolute Gasteiger partial charge is 0.0283 e.